The van der Waals surface area contributed by atoms with Crippen LogP contribution in [0.25, 0.3) is 0 Å². The van der Waals surface area contributed by atoms with Crippen molar-refractivity contribution in [3.05, 3.63) is 71.8 Å². The van der Waals surface area contributed by atoms with Gasteiger partial charge in [-0.3, -0.25) is 9.59 Å². The second kappa shape index (κ2) is 9.43. The first-order chi connectivity index (χ1) is 14.8. The van der Waals surface area contributed by atoms with E-state index in [9.17, 15) is 19.8 Å². The van der Waals surface area contributed by atoms with Gasteiger partial charge in [-0.05, 0) is 37.1 Å². The SMILES string of the molecule is C[C@H](O)C(=O)Nc1ccc(CN2C(=O)[C@](O)([C@H](C)/C=C/CCO)c3ccccc32)cc1. The average molecular weight is 424 g/mol. The quantitative estimate of drug-likeness (QED) is 0.486. The third-order valence-corrected chi connectivity index (χ3v) is 5.50. The van der Waals surface area contributed by atoms with Crippen LogP contribution in [-0.4, -0.2) is 39.8 Å². The molecule has 2 aromatic rings. The van der Waals surface area contributed by atoms with Crippen LogP contribution < -0.4 is 10.2 Å². The molecule has 0 spiro atoms. The van der Waals surface area contributed by atoms with Crippen LogP contribution in [0.4, 0.5) is 11.4 Å². The molecule has 0 aromatic heterocycles. The monoisotopic (exact) mass is 424 g/mol. The van der Waals surface area contributed by atoms with Crippen LogP contribution >= 0.6 is 0 Å². The van der Waals surface area contributed by atoms with Crippen molar-refractivity contribution in [1.82, 2.24) is 0 Å². The molecule has 164 valence electrons. The summed E-state index contributed by atoms with van der Waals surface area (Å²) in [6.45, 7) is 3.44. The van der Waals surface area contributed by atoms with Crippen molar-refractivity contribution in [3.8, 4) is 0 Å². The summed E-state index contributed by atoms with van der Waals surface area (Å²) in [6, 6.07) is 14.2. The Hall–Kier alpha value is -3.00. The summed E-state index contributed by atoms with van der Waals surface area (Å²) in [4.78, 5) is 26.5. The molecule has 7 heteroatoms. The lowest BCUT2D eigenvalue weighted by Gasteiger charge is -2.27. The molecule has 0 unspecified atom stereocenters. The number of anilines is 2. The lowest BCUT2D eigenvalue weighted by atomic mass is 9.83. The third-order valence-electron chi connectivity index (χ3n) is 5.50. The number of nitrogens with one attached hydrogen (secondary N) is 1. The van der Waals surface area contributed by atoms with Crippen LogP contribution in [0.5, 0.6) is 0 Å². The van der Waals surface area contributed by atoms with E-state index in [1.807, 2.05) is 12.1 Å². The third kappa shape index (κ3) is 4.54. The van der Waals surface area contributed by atoms with E-state index < -0.39 is 29.4 Å². The highest BCUT2D eigenvalue weighted by molar-refractivity contribution is 6.07. The predicted molar refractivity (Wildman–Crippen MR) is 118 cm³/mol. The molecule has 1 aliphatic rings. The van der Waals surface area contributed by atoms with Gasteiger partial charge in [-0.15, -0.1) is 0 Å². The summed E-state index contributed by atoms with van der Waals surface area (Å²) >= 11 is 0. The van der Waals surface area contributed by atoms with E-state index in [0.717, 1.165) is 5.56 Å². The molecule has 1 heterocycles. The van der Waals surface area contributed by atoms with Crippen molar-refractivity contribution in [2.24, 2.45) is 5.92 Å². The summed E-state index contributed by atoms with van der Waals surface area (Å²) in [5.74, 6) is -1.37. The van der Waals surface area contributed by atoms with Crippen LogP contribution in [-0.2, 0) is 21.7 Å². The number of hydrogen-bond acceptors (Lipinski definition) is 5. The second-order valence-corrected chi connectivity index (χ2v) is 7.77. The molecule has 0 saturated heterocycles. The predicted octanol–water partition coefficient (Wildman–Crippen LogP) is 2.31. The maximum absolute atomic E-state index is 13.4. The van der Waals surface area contributed by atoms with Crippen LogP contribution in [0, 0.1) is 5.92 Å². The van der Waals surface area contributed by atoms with E-state index >= 15 is 0 Å². The number of aliphatic hydroxyl groups is 3. The number of aliphatic hydroxyl groups excluding tert-OH is 2. The highest BCUT2D eigenvalue weighted by atomic mass is 16.3. The summed E-state index contributed by atoms with van der Waals surface area (Å²) in [7, 11) is 0. The Morgan fingerprint density at radius 2 is 1.84 bits per heavy atom. The molecule has 7 nitrogen and oxygen atoms in total. The van der Waals surface area contributed by atoms with E-state index in [0.29, 0.717) is 23.4 Å². The van der Waals surface area contributed by atoms with Gasteiger partial charge in [-0.25, -0.2) is 0 Å². The Morgan fingerprint density at radius 1 is 1.16 bits per heavy atom. The molecule has 3 rings (SSSR count). The highest BCUT2D eigenvalue weighted by Crippen LogP contribution is 2.45. The first-order valence-corrected chi connectivity index (χ1v) is 10.3. The molecule has 31 heavy (non-hydrogen) atoms. The Kier molecular flexibility index (Phi) is 6.90. The molecule has 4 N–H and O–H groups in total. The topological polar surface area (TPSA) is 110 Å². The second-order valence-electron chi connectivity index (χ2n) is 7.77. The van der Waals surface area contributed by atoms with Gasteiger partial charge in [-0.2, -0.15) is 0 Å². The molecular weight excluding hydrogens is 396 g/mol. The number of hydrogen-bond donors (Lipinski definition) is 4. The number of amides is 2. The zero-order chi connectivity index (χ0) is 22.6. The molecule has 2 amide bonds. The van der Waals surface area contributed by atoms with E-state index in [1.165, 1.54) is 6.92 Å². The molecular formula is C24H28N2O5. The maximum atomic E-state index is 13.4. The number of nitrogens with zero attached hydrogens (tertiary/aromatic N) is 1. The van der Waals surface area contributed by atoms with Crippen molar-refractivity contribution < 1.29 is 24.9 Å². The largest absolute Gasteiger partial charge is 0.396 e. The minimum atomic E-state index is -1.69. The van der Waals surface area contributed by atoms with Gasteiger partial charge in [0.1, 0.15) is 6.10 Å². The van der Waals surface area contributed by atoms with Gasteiger partial charge in [-0.1, -0.05) is 49.4 Å². The normalized spacial score (nSPS) is 20.0. The lowest BCUT2D eigenvalue weighted by molar-refractivity contribution is -0.139. The van der Waals surface area contributed by atoms with Crippen LogP contribution in [0.15, 0.2) is 60.7 Å². The van der Waals surface area contributed by atoms with Gasteiger partial charge < -0.3 is 25.5 Å². The van der Waals surface area contributed by atoms with Gasteiger partial charge in [0.15, 0.2) is 5.60 Å². The summed E-state index contributed by atoms with van der Waals surface area (Å²) in [6.07, 6.45) is 2.87. The Labute approximate surface area is 181 Å². The van der Waals surface area contributed by atoms with Crippen molar-refractivity contribution in [1.29, 1.82) is 0 Å². The Balaban J connectivity index is 1.84. The molecule has 1 aliphatic heterocycles. The molecule has 0 saturated carbocycles. The average Bonchev–Trinajstić information content (AvgIpc) is 2.98. The van der Waals surface area contributed by atoms with E-state index in [-0.39, 0.29) is 13.2 Å². The number of para-hydroxylation sites is 1. The van der Waals surface area contributed by atoms with Gasteiger partial charge >= 0.3 is 0 Å². The molecule has 0 fully saturated rings. The minimum absolute atomic E-state index is 0.00593. The van der Waals surface area contributed by atoms with Gasteiger partial charge in [0, 0.05) is 23.8 Å². The van der Waals surface area contributed by atoms with E-state index in [4.69, 9.17) is 5.11 Å². The number of rotatable bonds is 8. The maximum Gasteiger partial charge on any atom is 0.264 e. The fourth-order valence-corrected chi connectivity index (χ4v) is 3.70. The fourth-order valence-electron chi connectivity index (χ4n) is 3.70. The van der Waals surface area contributed by atoms with Gasteiger partial charge in [0.2, 0.25) is 0 Å². The summed E-state index contributed by atoms with van der Waals surface area (Å²) in [5, 5.41) is 32.4. The molecule has 0 aliphatic carbocycles. The first kappa shape index (κ1) is 22.7. The van der Waals surface area contributed by atoms with Crippen LogP contribution in [0.1, 0.15) is 31.4 Å². The van der Waals surface area contributed by atoms with Crippen molar-refractivity contribution in [2.45, 2.75) is 38.5 Å². The molecule has 0 radical (unpaired) electrons. The molecule has 0 bridgehead atoms. The number of carbonyl (C=O) groups is 2. The standard InChI is InChI=1S/C24H28N2O5/c1-16(7-5-6-14-27)24(31)20-8-3-4-9-21(20)26(23(24)30)15-18-10-12-19(13-11-18)25-22(29)17(2)28/h3-5,7-13,16-17,27-28,31H,6,14-15H2,1-2H3,(H,25,29)/b7-5+/t16-,17+,24+/m1/s1. The number of carbonyl (C=O) groups excluding carboxylic acids is 2. The van der Waals surface area contributed by atoms with Crippen LogP contribution in [0.3, 0.4) is 0 Å². The van der Waals surface area contributed by atoms with E-state index in [1.54, 1.807) is 60.4 Å². The highest BCUT2D eigenvalue weighted by Gasteiger charge is 2.52. The van der Waals surface area contributed by atoms with Gasteiger partial charge in [0.05, 0.1) is 12.2 Å². The minimum Gasteiger partial charge on any atom is -0.396 e. The van der Waals surface area contributed by atoms with E-state index in [2.05, 4.69) is 5.32 Å². The molecule has 2 aromatic carbocycles. The van der Waals surface area contributed by atoms with Gasteiger partial charge in [0.25, 0.3) is 11.8 Å². The zero-order valence-corrected chi connectivity index (χ0v) is 17.7. The van der Waals surface area contributed by atoms with Crippen LogP contribution in [0.2, 0.25) is 0 Å². The Morgan fingerprint density at radius 3 is 2.48 bits per heavy atom. The van der Waals surface area contributed by atoms with Crippen molar-refractivity contribution in [2.75, 3.05) is 16.8 Å². The number of fused-ring (bicyclic) bond motifs is 1. The molecule has 3 atom stereocenters. The van der Waals surface area contributed by atoms with Crippen molar-refractivity contribution >= 4 is 23.2 Å². The first-order valence-electron chi connectivity index (χ1n) is 10.3. The fraction of sp³-hybridized carbons (Fsp3) is 0.333. The smallest absolute Gasteiger partial charge is 0.264 e. The Bertz CT molecular complexity index is 970. The summed E-state index contributed by atoms with van der Waals surface area (Å²) < 4.78 is 0. The number of benzene rings is 2. The summed E-state index contributed by atoms with van der Waals surface area (Å²) in [5.41, 5.74) is 0.895. The lowest BCUT2D eigenvalue weighted by Crippen LogP contribution is -2.44. The van der Waals surface area contributed by atoms with Crippen molar-refractivity contribution in [3.63, 3.8) is 0 Å². The zero-order valence-electron chi connectivity index (χ0n) is 17.7.